The van der Waals surface area contributed by atoms with Gasteiger partial charge in [0.2, 0.25) is 0 Å². The minimum atomic E-state index is -0.300. The van der Waals surface area contributed by atoms with Crippen LogP contribution in [0.4, 0.5) is 4.79 Å². The van der Waals surface area contributed by atoms with Crippen molar-refractivity contribution in [3.05, 3.63) is 63.9 Å². The van der Waals surface area contributed by atoms with Gasteiger partial charge in [-0.3, -0.25) is 9.30 Å². The summed E-state index contributed by atoms with van der Waals surface area (Å²) in [7, 11) is 0. The SMILES string of the molecule is O=C(OCc1ccccc1)N1CC2(CC2)C[C@H]1c1nc(Br)c2c(Cl)nccn12. The number of rotatable bonds is 3. The summed E-state index contributed by atoms with van der Waals surface area (Å²) in [4.78, 5) is 23.6. The summed E-state index contributed by atoms with van der Waals surface area (Å²) in [6.45, 7) is 0.967. The molecule has 5 rings (SSSR count). The zero-order valence-corrected chi connectivity index (χ0v) is 17.4. The lowest BCUT2D eigenvalue weighted by Crippen LogP contribution is -2.32. The van der Waals surface area contributed by atoms with Crippen molar-refractivity contribution in [2.75, 3.05) is 6.54 Å². The van der Waals surface area contributed by atoms with Crippen molar-refractivity contribution in [2.24, 2.45) is 5.41 Å². The first-order valence-corrected chi connectivity index (χ1v) is 10.4. The molecule has 3 heterocycles. The number of benzene rings is 1. The van der Waals surface area contributed by atoms with Gasteiger partial charge in [0.1, 0.15) is 22.6 Å². The summed E-state index contributed by atoms with van der Waals surface area (Å²) in [6, 6.07) is 9.57. The summed E-state index contributed by atoms with van der Waals surface area (Å²) in [5.41, 5.74) is 1.89. The average molecular weight is 462 g/mol. The van der Waals surface area contributed by atoms with E-state index in [4.69, 9.17) is 16.3 Å². The van der Waals surface area contributed by atoms with Gasteiger partial charge in [0, 0.05) is 18.9 Å². The minimum Gasteiger partial charge on any atom is -0.445 e. The third-order valence-corrected chi connectivity index (χ3v) is 6.53. The summed E-state index contributed by atoms with van der Waals surface area (Å²) in [6.07, 6.45) is 6.34. The lowest BCUT2D eigenvalue weighted by Gasteiger charge is -2.23. The summed E-state index contributed by atoms with van der Waals surface area (Å²) in [5.74, 6) is 0.784. The molecule has 144 valence electrons. The van der Waals surface area contributed by atoms with E-state index in [2.05, 4.69) is 25.9 Å². The van der Waals surface area contributed by atoms with Crippen molar-refractivity contribution in [2.45, 2.75) is 31.9 Å². The highest BCUT2D eigenvalue weighted by Crippen LogP contribution is 2.58. The van der Waals surface area contributed by atoms with Crippen LogP contribution in [0.1, 0.15) is 36.7 Å². The molecule has 0 bridgehead atoms. The maximum absolute atomic E-state index is 12.9. The van der Waals surface area contributed by atoms with Crippen LogP contribution >= 0.6 is 27.5 Å². The van der Waals surface area contributed by atoms with Crippen LogP contribution in [0.15, 0.2) is 47.3 Å². The second-order valence-electron chi connectivity index (χ2n) is 7.59. The lowest BCUT2D eigenvalue weighted by molar-refractivity contribution is 0.0897. The van der Waals surface area contributed by atoms with E-state index in [1.54, 1.807) is 6.20 Å². The Morgan fingerprint density at radius 3 is 2.86 bits per heavy atom. The number of likely N-dealkylation sites (tertiary alicyclic amines) is 1. The Kier molecular flexibility index (Phi) is 4.32. The third-order valence-electron chi connectivity index (χ3n) is 5.70. The van der Waals surface area contributed by atoms with Crippen molar-refractivity contribution in [3.63, 3.8) is 0 Å². The molecule has 1 atom stereocenters. The normalized spacial score (nSPS) is 20.1. The molecule has 1 spiro atoms. The van der Waals surface area contributed by atoms with Crippen LogP contribution in [-0.4, -0.2) is 31.9 Å². The number of carbonyl (C=O) groups excluding carboxylic acids is 1. The molecular formula is C20H18BrClN4O2. The van der Waals surface area contributed by atoms with Crippen molar-refractivity contribution < 1.29 is 9.53 Å². The second kappa shape index (κ2) is 6.74. The summed E-state index contributed by atoms with van der Waals surface area (Å²) in [5, 5.41) is 0.380. The van der Waals surface area contributed by atoms with E-state index in [0.29, 0.717) is 21.8 Å². The van der Waals surface area contributed by atoms with Crippen LogP contribution in [0.3, 0.4) is 0 Å². The molecule has 6 nitrogen and oxygen atoms in total. The van der Waals surface area contributed by atoms with Crippen molar-refractivity contribution in [1.82, 2.24) is 19.3 Å². The molecule has 1 aliphatic heterocycles. The number of amides is 1. The fraction of sp³-hybridized carbons (Fsp3) is 0.350. The maximum atomic E-state index is 12.9. The molecule has 2 aromatic heterocycles. The highest BCUT2D eigenvalue weighted by molar-refractivity contribution is 9.10. The van der Waals surface area contributed by atoms with Crippen molar-refractivity contribution in [3.8, 4) is 0 Å². The Morgan fingerprint density at radius 2 is 2.11 bits per heavy atom. The maximum Gasteiger partial charge on any atom is 0.410 e. The number of imidazole rings is 1. The van der Waals surface area contributed by atoms with E-state index in [-0.39, 0.29) is 24.2 Å². The fourth-order valence-electron chi connectivity index (χ4n) is 4.04. The molecule has 1 saturated heterocycles. The second-order valence-corrected chi connectivity index (χ2v) is 8.69. The largest absolute Gasteiger partial charge is 0.445 e. The molecule has 1 saturated carbocycles. The van der Waals surface area contributed by atoms with Gasteiger partial charge >= 0.3 is 6.09 Å². The Balaban J connectivity index is 1.45. The van der Waals surface area contributed by atoms with E-state index in [1.165, 1.54) is 0 Å². The molecule has 1 aliphatic carbocycles. The quantitative estimate of drug-likeness (QED) is 0.550. The van der Waals surface area contributed by atoms with Crippen LogP contribution in [0.25, 0.3) is 5.52 Å². The van der Waals surface area contributed by atoms with Gasteiger partial charge in [0.15, 0.2) is 5.15 Å². The predicted molar refractivity (Wildman–Crippen MR) is 108 cm³/mol. The average Bonchev–Trinajstić information content (AvgIpc) is 3.21. The van der Waals surface area contributed by atoms with Gasteiger partial charge in [0.25, 0.3) is 0 Å². The van der Waals surface area contributed by atoms with Gasteiger partial charge in [-0.15, -0.1) is 0 Å². The molecular weight excluding hydrogens is 444 g/mol. The van der Waals surface area contributed by atoms with Gasteiger partial charge in [-0.2, -0.15) is 0 Å². The Bertz CT molecular complexity index is 1050. The number of carbonyl (C=O) groups is 1. The Labute approximate surface area is 175 Å². The van der Waals surface area contributed by atoms with Crippen molar-refractivity contribution >= 4 is 39.1 Å². The number of ether oxygens (including phenoxy) is 1. The van der Waals surface area contributed by atoms with Crippen molar-refractivity contribution in [1.29, 1.82) is 0 Å². The van der Waals surface area contributed by atoms with Crippen LogP contribution in [0, 0.1) is 5.41 Å². The zero-order valence-electron chi connectivity index (χ0n) is 15.0. The first-order valence-electron chi connectivity index (χ1n) is 9.22. The topological polar surface area (TPSA) is 59.7 Å². The highest BCUT2D eigenvalue weighted by Gasteiger charge is 2.55. The van der Waals surface area contributed by atoms with Gasteiger partial charge in [-0.1, -0.05) is 41.9 Å². The number of hydrogen-bond donors (Lipinski definition) is 0. The minimum absolute atomic E-state index is 0.150. The predicted octanol–water partition coefficient (Wildman–Crippen LogP) is 5.01. The molecule has 0 unspecified atom stereocenters. The zero-order chi connectivity index (χ0) is 19.3. The first kappa shape index (κ1) is 17.9. The monoisotopic (exact) mass is 460 g/mol. The molecule has 8 heteroatoms. The molecule has 28 heavy (non-hydrogen) atoms. The molecule has 3 aromatic rings. The van der Waals surface area contributed by atoms with Crippen LogP contribution in [0.2, 0.25) is 5.15 Å². The van der Waals surface area contributed by atoms with Gasteiger partial charge < -0.3 is 4.74 Å². The van der Waals surface area contributed by atoms with E-state index < -0.39 is 0 Å². The molecule has 0 radical (unpaired) electrons. The number of halogens is 2. The lowest BCUT2D eigenvalue weighted by atomic mass is 10.0. The standard InChI is InChI=1S/C20H18BrClN4O2/c21-16-15-17(22)23-8-9-25(15)18(24-16)14-10-20(6-7-20)12-26(14)19(27)28-11-13-4-2-1-3-5-13/h1-5,8-9,14H,6-7,10-12H2/t14-/m0/s1. The summed E-state index contributed by atoms with van der Waals surface area (Å²) < 4.78 is 8.18. The molecule has 1 aromatic carbocycles. The van der Waals surface area contributed by atoms with Crippen LogP contribution in [0.5, 0.6) is 0 Å². The van der Waals surface area contributed by atoms with E-state index in [9.17, 15) is 4.79 Å². The smallest absolute Gasteiger partial charge is 0.410 e. The van der Waals surface area contributed by atoms with Crippen LogP contribution < -0.4 is 0 Å². The van der Waals surface area contributed by atoms with E-state index in [1.807, 2.05) is 45.8 Å². The number of nitrogens with zero attached hydrogens (tertiary/aromatic N) is 4. The molecule has 1 amide bonds. The highest BCUT2D eigenvalue weighted by atomic mass is 79.9. The van der Waals surface area contributed by atoms with E-state index >= 15 is 0 Å². The Morgan fingerprint density at radius 1 is 1.32 bits per heavy atom. The van der Waals surface area contributed by atoms with Crippen LogP contribution in [-0.2, 0) is 11.3 Å². The first-order chi connectivity index (χ1) is 13.6. The van der Waals surface area contributed by atoms with Gasteiger partial charge in [0.05, 0.1) is 6.04 Å². The molecule has 0 N–H and O–H groups in total. The Hall–Kier alpha value is -2.12. The number of hydrogen-bond acceptors (Lipinski definition) is 4. The third kappa shape index (κ3) is 3.06. The summed E-state index contributed by atoms with van der Waals surface area (Å²) >= 11 is 9.75. The number of aromatic nitrogens is 3. The van der Waals surface area contributed by atoms with E-state index in [0.717, 1.165) is 30.7 Å². The van der Waals surface area contributed by atoms with Gasteiger partial charge in [-0.05, 0) is 46.2 Å². The molecule has 2 aliphatic rings. The van der Waals surface area contributed by atoms with Gasteiger partial charge in [-0.25, -0.2) is 14.8 Å². The molecule has 2 fully saturated rings. The fourth-order valence-corrected chi connectivity index (χ4v) is 4.95. The number of fused-ring (bicyclic) bond motifs is 1.